The fourth-order valence-corrected chi connectivity index (χ4v) is 4.34. The van der Waals surface area contributed by atoms with Crippen LogP contribution in [0.2, 0.25) is 0 Å². The quantitative estimate of drug-likeness (QED) is 0.766. The van der Waals surface area contributed by atoms with Gasteiger partial charge in [0.05, 0.1) is 0 Å². The number of hydrogen-bond acceptors (Lipinski definition) is 3. The molecule has 3 aliphatic rings. The van der Waals surface area contributed by atoms with Crippen LogP contribution in [-0.4, -0.2) is 61.7 Å². The molecule has 0 spiro atoms. The summed E-state index contributed by atoms with van der Waals surface area (Å²) in [4.78, 5) is 5.34. The maximum Gasteiger partial charge on any atom is 0.0223 e. The van der Waals surface area contributed by atoms with Crippen LogP contribution in [0.5, 0.6) is 0 Å². The first-order valence-electron chi connectivity index (χ1n) is 8.48. The van der Waals surface area contributed by atoms with E-state index in [0.29, 0.717) is 0 Å². The van der Waals surface area contributed by atoms with Gasteiger partial charge in [0, 0.05) is 31.7 Å². The van der Waals surface area contributed by atoms with E-state index >= 15 is 0 Å². The van der Waals surface area contributed by atoms with E-state index in [0.717, 1.165) is 18.0 Å². The van der Waals surface area contributed by atoms with Gasteiger partial charge in [0.15, 0.2) is 0 Å². The molecule has 0 radical (unpaired) electrons. The average molecular weight is 265 g/mol. The van der Waals surface area contributed by atoms with E-state index in [-0.39, 0.29) is 0 Å². The Morgan fingerprint density at radius 1 is 1.00 bits per heavy atom. The van der Waals surface area contributed by atoms with Crippen molar-refractivity contribution in [2.75, 3.05) is 39.8 Å². The molecule has 3 heteroatoms. The largest absolute Gasteiger partial charge is 0.315 e. The molecule has 110 valence electrons. The van der Waals surface area contributed by atoms with E-state index in [9.17, 15) is 0 Å². The lowest BCUT2D eigenvalue weighted by Gasteiger charge is -2.25. The lowest BCUT2D eigenvalue weighted by molar-refractivity contribution is 0.218. The van der Waals surface area contributed by atoms with Gasteiger partial charge >= 0.3 is 0 Å². The Hall–Kier alpha value is -0.120. The summed E-state index contributed by atoms with van der Waals surface area (Å²) in [6.07, 6.45) is 10.1. The SMILES string of the molecule is CN1C2CCC1CN(CCNCC1CCCC1)CC2. The number of likely N-dealkylation sites (tertiary alicyclic amines) is 1. The van der Waals surface area contributed by atoms with Gasteiger partial charge in [0.25, 0.3) is 0 Å². The summed E-state index contributed by atoms with van der Waals surface area (Å²) in [5, 5.41) is 3.70. The molecule has 19 heavy (non-hydrogen) atoms. The second-order valence-corrected chi connectivity index (χ2v) is 6.99. The highest BCUT2D eigenvalue weighted by Gasteiger charge is 2.34. The van der Waals surface area contributed by atoms with Gasteiger partial charge in [-0.15, -0.1) is 0 Å². The number of likely N-dealkylation sites (N-methyl/N-ethyl adjacent to an activating group) is 1. The van der Waals surface area contributed by atoms with Crippen LogP contribution in [0.25, 0.3) is 0 Å². The molecule has 2 unspecified atom stereocenters. The Kier molecular flexibility index (Phi) is 4.78. The molecule has 2 saturated heterocycles. The molecular formula is C16H31N3. The minimum Gasteiger partial charge on any atom is -0.315 e. The van der Waals surface area contributed by atoms with Crippen LogP contribution in [0.4, 0.5) is 0 Å². The van der Waals surface area contributed by atoms with Crippen molar-refractivity contribution < 1.29 is 0 Å². The van der Waals surface area contributed by atoms with Crippen molar-refractivity contribution in [3.63, 3.8) is 0 Å². The van der Waals surface area contributed by atoms with E-state index in [1.807, 2.05) is 0 Å². The second kappa shape index (κ2) is 6.55. The van der Waals surface area contributed by atoms with Gasteiger partial charge < -0.3 is 10.2 Å². The summed E-state index contributed by atoms with van der Waals surface area (Å²) in [7, 11) is 2.34. The Morgan fingerprint density at radius 3 is 2.63 bits per heavy atom. The lowest BCUT2D eigenvalue weighted by Crippen LogP contribution is -2.40. The van der Waals surface area contributed by atoms with Crippen LogP contribution in [-0.2, 0) is 0 Å². The molecule has 1 saturated carbocycles. The average Bonchev–Trinajstić information content (AvgIpc) is 2.97. The van der Waals surface area contributed by atoms with Gasteiger partial charge in [-0.2, -0.15) is 0 Å². The summed E-state index contributed by atoms with van der Waals surface area (Å²) in [5.41, 5.74) is 0. The third-order valence-electron chi connectivity index (χ3n) is 5.75. The third kappa shape index (κ3) is 3.50. The molecule has 1 aliphatic carbocycles. The molecule has 2 atom stereocenters. The molecule has 0 aromatic carbocycles. The first-order valence-corrected chi connectivity index (χ1v) is 8.48. The minimum absolute atomic E-state index is 0.835. The van der Waals surface area contributed by atoms with Crippen molar-refractivity contribution in [2.45, 2.75) is 57.0 Å². The van der Waals surface area contributed by atoms with E-state index < -0.39 is 0 Å². The van der Waals surface area contributed by atoms with Gasteiger partial charge in [-0.1, -0.05) is 12.8 Å². The molecule has 1 N–H and O–H groups in total. The first-order chi connectivity index (χ1) is 9.33. The standard InChI is InChI=1S/C16H31N3/c1-18-15-6-7-16(18)13-19(10-8-15)11-9-17-12-14-4-2-3-5-14/h14-17H,2-13H2,1H3. The normalized spacial score (nSPS) is 33.9. The highest BCUT2D eigenvalue weighted by Crippen LogP contribution is 2.28. The summed E-state index contributed by atoms with van der Waals surface area (Å²) in [5.74, 6) is 0.978. The van der Waals surface area contributed by atoms with Crippen LogP contribution in [0.15, 0.2) is 0 Å². The lowest BCUT2D eigenvalue weighted by atomic mass is 10.1. The van der Waals surface area contributed by atoms with Crippen LogP contribution in [0.3, 0.4) is 0 Å². The monoisotopic (exact) mass is 265 g/mol. The Bertz CT molecular complexity index is 275. The molecule has 2 heterocycles. The maximum atomic E-state index is 3.70. The molecule has 2 aliphatic heterocycles. The van der Waals surface area contributed by atoms with Gasteiger partial charge in [-0.05, 0) is 58.2 Å². The van der Waals surface area contributed by atoms with Crippen LogP contribution in [0, 0.1) is 5.92 Å². The summed E-state index contributed by atoms with van der Waals surface area (Å²) < 4.78 is 0. The highest BCUT2D eigenvalue weighted by atomic mass is 15.3. The molecule has 2 bridgehead atoms. The van der Waals surface area contributed by atoms with Crippen LogP contribution < -0.4 is 5.32 Å². The van der Waals surface area contributed by atoms with Crippen molar-refractivity contribution in [1.82, 2.24) is 15.1 Å². The molecule has 3 nitrogen and oxygen atoms in total. The Labute approximate surface area is 118 Å². The van der Waals surface area contributed by atoms with Crippen molar-refractivity contribution in [2.24, 2.45) is 5.92 Å². The number of hydrogen-bond donors (Lipinski definition) is 1. The first kappa shape index (κ1) is 13.8. The zero-order valence-corrected chi connectivity index (χ0v) is 12.6. The fraction of sp³-hybridized carbons (Fsp3) is 1.00. The second-order valence-electron chi connectivity index (χ2n) is 6.99. The summed E-state index contributed by atoms with van der Waals surface area (Å²) in [6.45, 7) is 6.33. The van der Waals surface area contributed by atoms with Gasteiger partial charge in [-0.25, -0.2) is 0 Å². The molecule has 0 aromatic heterocycles. The summed E-state index contributed by atoms with van der Waals surface area (Å²) >= 11 is 0. The predicted molar refractivity (Wildman–Crippen MR) is 80.5 cm³/mol. The van der Waals surface area contributed by atoms with Crippen molar-refractivity contribution >= 4 is 0 Å². The Balaban J connectivity index is 1.34. The van der Waals surface area contributed by atoms with E-state index in [4.69, 9.17) is 0 Å². The summed E-state index contributed by atoms with van der Waals surface area (Å²) in [6, 6.07) is 1.71. The number of fused-ring (bicyclic) bond motifs is 2. The Morgan fingerprint density at radius 2 is 1.79 bits per heavy atom. The number of nitrogens with zero attached hydrogens (tertiary/aromatic N) is 2. The van der Waals surface area contributed by atoms with Gasteiger partial charge in [0.1, 0.15) is 0 Å². The van der Waals surface area contributed by atoms with E-state index in [1.165, 1.54) is 77.7 Å². The zero-order valence-electron chi connectivity index (χ0n) is 12.6. The molecule has 3 fully saturated rings. The highest BCUT2D eigenvalue weighted by molar-refractivity contribution is 4.91. The van der Waals surface area contributed by atoms with E-state index in [1.54, 1.807) is 0 Å². The molecule has 0 aromatic rings. The number of rotatable bonds is 5. The van der Waals surface area contributed by atoms with Crippen LogP contribution >= 0.6 is 0 Å². The fourth-order valence-electron chi connectivity index (χ4n) is 4.34. The van der Waals surface area contributed by atoms with Gasteiger partial charge in [-0.3, -0.25) is 4.90 Å². The topological polar surface area (TPSA) is 18.5 Å². The van der Waals surface area contributed by atoms with Crippen LogP contribution in [0.1, 0.15) is 44.9 Å². The molecule has 0 amide bonds. The molecular weight excluding hydrogens is 234 g/mol. The van der Waals surface area contributed by atoms with Crippen molar-refractivity contribution in [3.05, 3.63) is 0 Å². The smallest absolute Gasteiger partial charge is 0.0223 e. The molecule has 3 rings (SSSR count). The number of nitrogens with one attached hydrogen (secondary N) is 1. The van der Waals surface area contributed by atoms with E-state index in [2.05, 4.69) is 22.2 Å². The predicted octanol–water partition coefficient (Wildman–Crippen LogP) is 1.93. The van der Waals surface area contributed by atoms with Crippen molar-refractivity contribution in [3.8, 4) is 0 Å². The third-order valence-corrected chi connectivity index (χ3v) is 5.75. The zero-order chi connectivity index (χ0) is 13.1. The maximum absolute atomic E-state index is 3.70. The minimum atomic E-state index is 0.835. The van der Waals surface area contributed by atoms with Gasteiger partial charge in [0.2, 0.25) is 0 Å². The van der Waals surface area contributed by atoms with Crippen molar-refractivity contribution in [1.29, 1.82) is 0 Å².